The maximum Gasteiger partial charge on any atom is 0.351 e. The molecule has 5 rings (SSSR count). The average molecular weight is 380 g/mol. The third-order valence-electron chi connectivity index (χ3n) is 6.83. The van der Waals surface area contributed by atoms with Crippen LogP contribution < -0.4 is 0 Å². The standard InChI is InChI=1S/C19H24O8/c1-8-7-19-14(15(22)18(8,3)27-17(19)24)10-6-12(21)25-9(2)4-5-11(20)13(10)16(23)26-19/h8-10,14-15,20,22H,4-7H2,1-3H3. The molecular weight excluding hydrogens is 356 g/mol. The van der Waals surface area contributed by atoms with E-state index in [2.05, 4.69) is 0 Å². The predicted octanol–water partition coefficient (Wildman–Crippen LogP) is 1.16. The van der Waals surface area contributed by atoms with Gasteiger partial charge < -0.3 is 24.4 Å². The molecule has 3 saturated heterocycles. The zero-order chi connectivity index (χ0) is 19.7. The summed E-state index contributed by atoms with van der Waals surface area (Å²) in [4.78, 5) is 38.0. The van der Waals surface area contributed by atoms with Gasteiger partial charge in [-0.25, -0.2) is 9.59 Å². The smallest absolute Gasteiger partial charge is 0.351 e. The van der Waals surface area contributed by atoms with Crippen molar-refractivity contribution < 1.29 is 38.8 Å². The second-order valence-electron chi connectivity index (χ2n) is 8.44. The van der Waals surface area contributed by atoms with Crippen molar-refractivity contribution in [3.8, 4) is 0 Å². The van der Waals surface area contributed by atoms with E-state index in [4.69, 9.17) is 14.2 Å². The molecule has 0 aromatic carbocycles. The van der Waals surface area contributed by atoms with Gasteiger partial charge in [-0.1, -0.05) is 6.92 Å². The molecule has 4 heterocycles. The van der Waals surface area contributed by atoms with Gasteiger partial charge in [-0.3, -0.25) is 4.79 Å². The molecule has 0 aromatic rings. The maximum atomic E-state index is 12.8. The largest absolute Gasteiger partial charge is 0.512 e. The number of ether oxygens (including phenoxy) is 3. The number of carbonyl (C=O) groups excluding carboxylic acids is 3. The molecule has 8 heteroatoms. The van der Waals surface area contributed by atoms with Crippen LogP contribution in [0, 0.1) is 17.8 Å². The van der Waals surface area contributed by atoms with Crippen molar-refractivity contribution in [3.05, 3.63) is 11.3 Å². The van der Waals surface area contributed by atoms with Crippen LogP contribution >= 0.6 is 0 Å². The minimum atomic E-state index is -1.65. The summed E-state index contributed by atoms with van der Waals surface area (Å²) in [5.74, 6) is -4.24. The lowest BCUT2D eigenvalue weighted by Crippen LogP contribution is -2.77. The summed E-state index contributed by atoms with van der Waals surface area (Å²) < 4.78 is 16.4. The van der Waals surface area contributed by atoms with Crippen LogP contribution in [-0.2, 0) is 28.6 Å². The van der Waals surface area contributed by atoms with Crippen molar-refractivity contribution in [1.82, 2.24) is 0 Å². The quantitative estimate of drug-likeness (QED) is 0.475. The van der Waals surface area contributed by atoms with Gasteiger partial charge in [0.15, 0.2) is 0 Å². The Labute approximate surface area is 156 Å². The van der Waals surface area contributed by atoms with Crippen LogP contribution in [0.1, 0.15) is 46.5 Å². The Morgan fingerprint density at radius 3 is 2.56 bits per heavy atom. The fourth-order valence-corrected chi connectivity index (χ4v) is 5.16. The van der Waals surface area contributed by atoms with Crippen molar-refractivity contribution in [2.45, 2.75) is 69.9 Å². The van der Waals surface area contributed by atoms with Gasteiger partial charge in [0.1, 0.15) is 17.5 Å². The Morgan fingerprint density at radius 1 is 1.15 bits per heavy atom. The minimum absolute atomic E-state index is 0.0349. The van der Waals surface area contributed by atoms with Crippen LogP contribution in [0.5, 0.6) is 0 Å². The first kappa shape index (κ1) is 18.3. The van der Waals surface area contributed by atoms with E-state index >= 15 is 0 Å². The number of fused-ring (bicyclic) bond motifs is 3. The molecule has 0 amide bonds. The molecule has 0 radical (unpaired) electrons. The van der Waals surface area contributed by atoms with Crippen LogP contribution in [0.2, 0.25) is 0 Å². The van der Waals surface area contributed by atoms with Crippen molar-refractivity contribution in [2.24, 2.45) is 17.8 Å². The summed E-state index contributed by atoms with van der Waals surface area (Å²) in [7, 11) is 0. The molecule has 148 valence electrons. The van der Waals surface area contributed by atoms with Gasteiger partial charge in [-0.15, -0.1) is 0 Å². The third kappa shape index (κ3) is 2.35. The summed E-state index contributed by atoms with van der Waals surface area (Å²) in [5.41, 5.74) is -2.83. The van der Waals surface area contributed by atoms with Crippen molar-refractivity contribution in [2.75, 3.05) is 0 Å². The zero-order valence-electron chi connectivity index (χ0n) is 15.6. The van der Waals surface area contributed by atoms with E-state index in [1.807, 2.05) is 6.92 Å². The second-order valence-corrected chi connectivity index (χ2v) is 8.44. The molecule has 4 aliphatic heterocycles. The number of hydrogen-bond donors (Lipinski definition) is 2. The van der Waals surface area contributed by atoms with Crippen LogP contribution in [0.15, 0.2) is 11.3 Å². The highest BCUT2D eigenvalue weighted by molar-refractivity contribution is 5.97. The van der Waals surface area contributed by atoms with Gasteiger partial charge in [0.05, 0.1) is 18.1 Å². The van der Waals surface area contributed by atoms with E-state index in [0.29, 0.717) is 6.42 Å². The predicted molar refractivity (Wildman–Crippen MR) is 89.1 cm³/mol. The molecule has 5 aliphatic rings. The topological polar surface area (TPSA) is 119 Å². The Bertz CT molecular complexity index is 757. The lowest BCUT2D eigenvalue weighted by atomic mass is 9.54. The molecule has 27 heavy (non-hydrogen) atoms. The van der Waals surface area contributed by atoms with Crippen LogP contribution in [0.3, 0.4) is 0 Å². The monoisotopic (exact) mass is 380 g/mol. The first-order valence-electron chi connectivity index (χ1n) is 9.36. The number of allylic oxidation sites excluding steroid dienone is 1. The number of esters is 3. The Hall–Kier alpha value is -2.09. The molecule has 4 fully saturated rings. The first-order chi connectivity index (χ1) is 12.6. The van der Waals surface area contributed by atoms with Crippen LogP contribution in [0.4, 0.5) is 0 Å². The Kier molecular flexibility index (Phi) is 3.86. The van der Waals surface area contributed by atoms with E-state index in [1.54, 1.807) is 13.8 Å². The fraction of sp³-hybridized carbons (Fsp3) is 0.737. The molecule has 7 unspecified atom stereocenters. The number of cyclic esters (lactones) is 1. The van der Waals surface area contributed by atoms with Crippen molar-refractivity contribution in [3.63, 3.8) is 0 Å². The van der Waals surface area contributed by atoms with Gasteiger partial charge in [-0.05, 0) is 20.3 Å². The normalized spacial score (nSPS) is 47.0. The van der Waals surface area contributed by atoms with Gasteiger partial charge in [0.2, 0.25) is 5.60 Å². The molecule has 7 atom stereocenters. The molecule has 1 saturated carbocycles. The molecule has 1 spiro atoms. The molecule has 0 aromatic heterocycles. The Morgan fingerprint density at radius 2 is 1.85 bits per heavy atom. The number of aliphatic hydroxyl groups is 2. The highest BCUT2D eigenvalue weighted by Gasteiger charge is 2.74. The highest BCUT2D eigenvalue weighted by atomic mass is 16.6. The number of rotatable bonds is 0. The summed E-state index contributed by atoms with van der Waals surface area (Å²) in [5, 5.41) is 21.6. The van der Waals surface area contributed by atoms with Gasteiger partial charge >= 0.3 is 17.9 Å². The minimum Gasteiger partial charge on any atom is -0.512 e. The summed E-state index contributed by atoms with van der Waals surface area (Å²) in [6.07, 6.45) is -1.09. The molecule has 2 bridgehead atoms. The second kappa shape index (κ2) is 5.70. The van der Waals surface area contributed by atoms with Gasteiger partial charge in [0.25, 0.3) is 0 Å². The lowest BCUT2D eigenvalue weighted by molar-refractivity contribution is -0.296. The highest BCUT2D eigenvalue weighted by Crippen LogP contribution is 2.59. The molecule has 1 aliphatic carbocycles. The van der Waals surface area contributed by atoms with E-state index in [9.17, 15) is 24.6 Å². The summed E-state index contributed by atoms with van der Waals surface area (Å²) in [6.45, 7) is 5.18. The van der Waals surface area contributed by atoms with Crippen LogP contribution in [0.25, 0.3) is 0 Å². The van der Waals surface area contributed by atoms with E-state index in [-0.39, 0.29) is 36.5 Å². The van der Waals surface area contributed by atoms with Crippen molar-refractivity contribution >= 4 is 17.9 Å². The SMILES string of the molecule is CC1CCC(O)=C2C(=O)OC34CC(C)C(C)(OC3=O)C(O)C4C2CC(=O)O1. The number of aliphatic hydroxyl groups excluding tert-OH is 2. The number of hydrogen-bond acceptors (Lipinski definition) is 8. The first-order valence-corrected chi connectivity index (χ1v) is 9.36. The van der Waals surface area contributed by atoms with Gasteiger partial charge in [0, 0.05) is 30.6 Å². The third-order valence-corrected chi connectivity index (χ3v) is 6.83. The van der Waals surface area contributed by atoms with E-state index < -0.39 is 53.2 Å². The summed E-state index contributed by atoms with van der Waals surface area (Å²) in [6, 6.07) is 0. The van der Waals surface area contributed by atoms with E-state index in [0.717, 1.165) is 0 Å². The maximum absolute atomic E-state index is 12.8. The average Bonchev–Trinajstić information content (AvgIpc) is 2.60. The molecule has 2 N–H and O–H groups in total. The number of carbonyl (C=O) groups is 3. The molecule has 8 nitrogen and oxygen atoms in total. The lowest BCUT2D eigenvalue weighted by Gasteiger charge is -2.62. The zero-order valence-corrected chi connectivity index (χ0v) is 15.6. The van der Waals surface area contributed by atoms with E-state index in [1.165, 1.54) is 0 Å². The van der Waals surface area contributed by atoms with Gasteiger partial charge in [-0.2, -0.15) is 0 Å². The Balaban J connectivity index is 1.86. The van der Waals surface area contributed by atoms with Crippen molar-refractivity contribution in [1.29, 1.82) is 0 Å². The fourth-order valence-electron chi connectivity index (χ4n) is 5.16. The van der Waals surface area contributed by atoms with Crippen LogP contribution in [-0.4, -0.2) is 51.5 Å². The molecular formula is C19H24O8. The summed E-state index contributed by atoms with van der Waals surface area (Å²) >= 11 is 0.